The molecule has 3 fully saturated rings. The lowest BCUT2D eigenvalue weighted by Crippen LogP contribution is -2.56. The predicted molar refractivity (Wildman–Crippen MR) is 118 cm³/mol. The van der Waals surface area contributed by atoms with Gasteiger partial charge in [0.25, 0.3) is 0 Å². The number of guanidine groups is 1. The molecule has 1 saturated heterocycles. The summed E-state index contributed by atoms with van der Waals surface area (Å²) in [4.78, 5) is 33.8. The van der Waals surface area contributed by atoms with E-state index in [4.69, 9.17) is 0 Å². The summed E-state index contributed by atoms with van der Waals surface area (Å²) in [6.07, 6.45) is 10.2. The van der Waals surface area contributed by atoms with Crippen LogP contribution in [0.2, 0.25) is 0 Å². The summed E-state index contributed by atoms with van der Waals surface area (Å²) in [7, 11) is 6.10. The Labute approximate surface area is 180 Å². The molecule has 0 spiro atoms. The minimum atomic E-state index is -0.113. The van der Waals surface area contributed by atoms with Gasteiger partial charge in [0.05, 0.1) is 11.8 Å². The Morgan fingerprint density at radius 3 is 2.43 bits per heavy atom. The summed E-state index contributed by atoms with van der Waals surface area (Å²) in [5, 5.41) is 6.80. The average Bonchev–Trinajstić information content (AvgIpc) is 3.40. The molecule has 2 N–H and O–H groups in total. The van der Waals surface area contributed by atoms with Crippen LogP contribution in [-0.4, -0.2) is 73.9 Å². The van der Waals surface area contributed by atoms with Crippen molar-refractivity contribution in [3.63, 3.8) is 0 Å². The maximum atomic E-state index is 12.8. The van der Waals surface area contributed by atoms with Crippen LogP contribution < -0.4 is 10.6 Å². The summed E-state index contributed by atoms with van der Waals surface area (Å²) in [6, 6.07) is 0. The Kier molecular flexibility index (Phi) is 5.93. The molecule has 2 saturated carbocycles. The van der Waals surface area contributed by atoms with Crippen molar-refractivity contribution >= 4 is 17.8 Å². The largest absolute Gasteiger partial charge is 0.355 e. The van der Waals surface area contributed by atoms with E-state index < -0.39 is 0 Å². The van der Waals surface area contributed by atoms with Crippen molar-refractivity contribution in [3.05, 3.63) is 12.2 Å². The number of likely N-dealkylation sites (tertiary alicyclic amines) is 1. The molecule has 4 aliphatic rings. The van der Waals surface area contributed by atoms with Crippen LogP contribution in [0.15, 0.2) is 17.1 Å². The number of likely N-dealkylation sites (N-methyl/N-ethyl adjacent to an activating group) is 1. The fourth-order valence-corrected chi connectivity index (χ4v) is 6.30. The van der Waals surface area contributed by atoms with Gasteiger partial charge in [0, 0.05) is 32.2 Å². The first-order valence-electron chi connectivity index (χ1n) is 11.5. The van der Waals surface area contributed by atoms with Crippen LogP contribution in [0.1, 0.15) is 39.0 Å². The van der Waals surface area contributed by atoms with E-state index in [9.17, 15) is 9.59 Å². The van der Waals surface area contributed by atoms with Gasteiger partial charge < -0.3 is 15.5 Å². The molecule has 7 heteroatoms. The Hall–Kier alpha value is -1.89. The van der Waals surface area contributed by atoms with Crippen LogP contribution in [-0.2, 0) is 9.59 Å². The van der Waals surface area contributed by atoms with Crippen molar-refractivity contribution in [2.45, 2.75) is 44.6 Å². The Balaban J connectivity index is 1.28. The lowest BCUT2D eigenvalue weighted by molar-refractivity contribution is -0.140. The fraction of sp³-hybridized carbons (Fsp3) is 0.783. The number of allylic oxidation sites excluding steroid dienone is 2. The van der Waals surface area contributed by atoms with E-state index in [2.05, 4.69) is 53.7 Å². The summed E-state index contributed by atoms with van der Waals surface area (Å²) >= 11 is 0. The molecule has 0 aromatic carbocycles. The number of amides is 2. The lowest BCUT2D eigenvalue weighted by atomic mass is 9.75. The number of nitrogens with one attached hydrogen (secondary N) is 2. The van der Waals surface area contributed by atoms with Gasteiger partial charge in [-0.05, 0) is 51.1 Å². The Morgan fingerprint density at radius 2 is 1.87 bits per heavy atom. The van der Waals surface area contributed by atoms with Crippen LogP contribution in [0.3, 0.4) is 0 Å². The predicted octanol–water partition coefficient (Wildman–Crippen LogP) is 1.47. The highest BCUT2D eigenvalue weighted by molar-refractivity contribution is 6.06. The van der Waals surface area contributed by atoms with Gasteiger partial charge in [0.1, 0.15) is 0 Å². The first-order chi connectivity index (χ1) is 14.4. The van der Waals surface area contributed by atoms with Crippen molar-refractivity contribution in [2.24, 2.45) is 34.6 Å². The summed E-state index contributed by atoms with van der Waals surface area (Å²) in [5.41, 5.74) is 0.139. The van der Waals surface area contributed by atoms with Crippen LogP contribution in [0, 0.1) is 29.6 Å². The number of carbonyl (C=O) groups excluding carboxylic acids is 2. The molecule has 7 nitrogen and oxygen atoms in total. The van der Waals surface area contributed by atoms with Crippen LogP contribution in [0.4, 0.5) is 0 Å². The van der Waals surface area contributed by atoms with Crippen molar-refractivity contribution in [3.8, 4) is 0 Å². The molecule has 6 unspecified atom stereocenters. The Bertz CT molecular complexity index is 718. The minimum absolute atomic E-state index is 0.0225. The number of nitrogens with zero attached hydrogens (tertiary/aromatic N) is 3. The van der Waals surface area contributed by atoms with Crippen molar-refractivity contribution in [2.75, 3.05) is 40.8 Å². The molecule has 2 bridgehead atoms. The zero-order valence-electron chi connectivity index (χ0n) is 18.9. The molecule has 6 atom stereocenters. The monoisotopic (exact) mass is 415 g/mol. The van der Waals surface area contributed by atoms with Gasteiger partial charge in [-0.1, -0.05) is 31.9 Å². The van der Waals surface area contributed by atoms with Crippen molar-refractivity contribution in [1.82, 2.24) is 20.4 Å². The average molecular weight is 416 g/mol. The van der Waals surface area contributed by atoms with Gasteiger partial charge in [-0.3, -0.25) is 19.5 Å². The second kappa shape index (κ2) is 8.33. The van der Waals surface area contributed by atoms with E-state index in [1.807, 2.05) is 0 Å². The van der Waals surface area contributed by atoms with Gasteiger partial charge in [0.2, 0.25) is 11.8 Å². The number of carbonyl (C=O) groups is 2. The summed E-state index contributed by atoms with van der Waals surface area (Å²) in [5.74, 6) is 1.82. The molecular formula is C23H37N5O2. The zero-order valence-corrected chi connectivity index (χ0v) is 18.9. The minimum Gasteiger partial charge on any atom is -0.355 e. The molecule has 3 aliphatic carbocycles. The van der Waals surface area contributed by atoms with E-state index in [1.165, 1.54) is 30.6 Å². The number of rotatable bonds is 6. The SMILES string of the molecule is CN=C(NCCN1C(=O)C2C3C=CC(C3)C2C1=O)NCC1(N(C)C)CCCC(C)C1. The van der Waals surface area contributed by atoms with Gasteiger partial charge in [-0.15, -0.1) is 0 Å². The topological polar surface area (TPSA) is 77.0 Å². The van der Waals surface area contributed by atoms with Gasteiger partial charge in [0.15, 0.2) is 5.96 Å². The fourth-order valence-electron chi connectivity index (χ4n) is 6.30. The second-order valence-electron chi connectivity index (χ2n) is 10.0. The highest BCUT2D eigenvalue weighted by Gasteiger charge is 2.58. The summed E-state index contributed by atoms with van der Waals surface area (Å²) in [6.45, 7) is 4.10. The van der Waals surface area contributed by atoms with Crippen LogP contribution >= 0.6 is 0 Å². The van der Waals surface area contributed by atoms with E-state index in [0.29, 0.717) is 13.1 Å². The number of hydrogen-bond acceptors (Lipinski definition) is 4. The van der Waals surface area contributed by atoms with E-state index in [0.717, 1.165) is 24.8 Å². The quantitative estimate of drug-likeness (QED) is 0.297. The smallest absolute Gasteiger partial charge is 0.233 e. The third-order valence-electron chi connectivity index (χ3n) is 8.01. The second-order valence-corrected chi connectivity index (χ2v) is 10.0. The maximum Gasteiger partial charge on any atom is 0.233 e. The number of hydrogen-bond donors (Lipinski definition) is 2. The molecule has 166 valence electrons. The molecule has 1 heterocycles. The molecule has 0 aromatic heterocycles. The molecule has 30 heavy (non-hydrogen) atoms. The first kappa shape index (κ1) is 21.3. The maximum absolute atomic E-state index is 12.8. The summed E-state index contributed by atoms with van der Waals surface area (Å²) < 4.78 is 0. The number of aliphatic imine (C=N–C) groups is 1. The van der Waals surface area contributed by atoms with Gasteiger partial charge >= 0.3 is 0 Å². The zero-order chi connectivity index (χ0) is 21.5. The van der Waals surface area contributed by atoms with E-state index in [1.54, 1.807) is 7.05 Å². The molecule has 1 aliphatic heterocycles. The van der Waals surface area contributed by atoms with Crippen molar-refractivity contribution < 1.29 is 9.59 Å². The first-order valence-corrected chi connectivity index (χ1v) is 11.5. The Morgan fingerprint density at radius 1 is 1.20 bits per heavy atom. The van der Waals surface area contributed by atoms with Gasteiger partial charge in [-0.2, -0.15) is 0 Å². The van der Waals surface area contributed by atoms with E-state index >= 15 is 0 Å². The molecule has 2 amide bonds. The van der Waals surface area contributed by atoms with Crippen LogP contribution in [0.25, 0.3) is 0 Å². The van der Waals surface area contributed by atoms with Crippen LogP contribution in [0.5, 0.6) is 0 Å². The standard InChI is InChI=1S/C23H37N5O2/c1-15-6-5-9-23(13-15,27(3)4)14-26-22(24-2)25-10-11-28-20(29)18-16-7-8-17(12-16)19(18)21(28)30/h7-8,15-19H,5-6,9-14H2,1-4H3,(H2,24,25,26). The molecule has 0 radical (unpaired) electrons. The molecule has 4 rings (SSSR count). The third kappa shape index (κ3) is 3.66. The lowest BCUT2D eigenvalue weighted by Gasteiger charge is -2.45. The molecular weight excluding hydrogens is 378 g/mol. The number of fused-ring (bicyclic) bond motifs is 5. The highest BCUT2D eigenvalue weighted by Crippen LogP contribution is 2.52. The highest BCUT2D eigenvalue weighted by atomic mass is 16.2. The number of imide groups is 1. The normalized spacial score (nSPS) is 38.0. The van der Waals surface area contributed by atoms with Gasteiger partial charge in [-0.25, -0.2) is 0 Å². The van der Waals surface area contributed by atoms with E-state index in [-0.39, 0.29) is 41.0 Å². The third-order valence-corrected chi connectivity index (χ3v) is 8.01. The van der Waals surface area contributed by atoms with Crippen molar-refractivity contribution in [1.29, 1.82) is 0 Å². The molecule has 0 aromatic rings.